The first-order valence-corrected chi connectivity index (χ1v) is 5.67. The number of hydrogen-bond donors (Lipinski definition) is 1. The van der Waals surface area contributed by atoms with Gasteiger partial charge in [0.15, 0.2) is 5.78 Å². The molecule has 0 unspecified atom stereocenters. The Morgan fingerprint density at radius 3 is 3.06 bits per heavy atom. The lowest BCUT2D eigenvalue weighted by molar-refractivity contribution is -0.112. The van der Waals surface area contributed by atoms with Gasteiger partial charge in [0.2, 0.25) is 0 Å². The smallest absolute Gasteiger partial charge is 0.171 e. The Morgan fingerprint density at radius 2 is 2.17 bits per heavy atom. The molecule has 1 aliphatic carbocycles. The highest BCUT2D eigenvalue weighted by Gasteiger charge is 2.31. The number of aliphatic imine (C=N–C) groups is 1. The van der Waals surface area contributed by atoms with E-state index in [0.717, 1.165) is 21.9 Å². The standard InChI is InChI=1S/C14H8N2O2/c17-7-1-2-10-9(5-7)13-12(18)6-11-8(3-4-15-11)14(13)16-10/h1-5,17H,6H2. The topological polar surface area (TPSA) is 62.0 Å². The zero-order valence-electron chi connectivity index (χ0n) is 9.34. The van der Waals surface area contributed by atoms with Gasteiger partial charge in [-0.3, -0.25) is 9.79 Å². The molecule has 0 saturated carbocycles. The fraction of sp³-hybridized carbons (Fsp3) is 0.0714. The van der Waals surface area contributed by atoms with E-state index in [1.54, 1.807) is 24.4 Å². The molecule has 18 heavy (non-hydrogen) atoms. The first-order chi connectivity index (χ1) is 8.74. The van der Waals surface area contributed by atoms with Gasteiger partial charge < -0.3 is 5.11 Å². The molecule has 0 saturated heterocycles. The fourth-order valence-electron chi connectivity index (χ4n) is 2.57. The van der Waals surface area contributed by atoms with Gasteiger partial charge in [-0.1, -0.05) is 0 Å². The maximum absolute atomic E-state index is 12.2. The van der Waals surface area contributed by atoms with Crippen LogP contribution < -0.4 is 10.6 Å². The molecule has 1 N–H and O–H groups in total. The Hall–Kier alpha value is -2.49. The highest BCUT2D eigenvalue weighted by Crippen LogP contribution is 2.31. The van der Waals surface area contributed by atoms with Crippen molar-refractivity contribution in [3.63, 3.8) is 0 Å². The largest absolute Gasteiger partial charge is 0.508 e. The van der Waals surface area contributed by atoms with Crippen molar-refractivity contribution >= 4 is 17.1 Å². The minimum atomic E-state index is 0.0179. The van der Waals surface area contributed by atoms with Gasteiger partial charge in [0.1, 0.15) is 5.75 Å². The average molecular weight is 236 g/mol. The molecule has 86 valence electrons. The second kappa shape index (κ2) is 3.04. The zero-order valence-corrected chi connectivity index (χ0v) is 9.34. The highest BCUT2D eigenvalue weighted by atomic mass is 16.3. The Kier molecular flexibility index (Phi) is 1.61. The average Bonchev–Trinajstić information content (AvgIpc) is 2.91. The van der Waals surface area contributed by atoms with E-state index in [4.69, 9.17) is 0 Å². The number of phenolic OH excluding ortho intramolecular Hbond substituents is 1. The van der Waals surface area contributed by atoms with E-state index in [-0.39, 0.29) is 11.5 Å². The summed E-state index contributed by atoms with van der Waals surface area (Å²) in [7, 11) is 0. The number of phenols is 1. The third-order valence-electron chi connectivity index (χ3n) is 3.36. The van der Waals surface area contributed by atoms with Crippen molar-refractivity contribution in [2.75, 3.05) is 0 Å². The van der Waals surface area contributed by atoms with Crippen LogP contribution in [0.2, 0.25) is 0 Å². The van der Waals surface area contributed by atoms with Gasteiger partial charge in [0, 0.05) is 17.0 Å². The van der Waals surface area contributed by atoms with Crippen molar-refractivity contribution in [3.05, 3.63) is 52.3 Å². The van der Waals surface area contributed by atoms with E-state index >= 15 is 0 Å². The molecule has 0 spiro atoms. The number of carbonyl (C=O) groups is 1. The van der Waals surface area contributed by atoms with Crippen LogP contribution in [0.4, 0.5) is 0 Å². The van der Waals surface area contributed by atoms with Crippen molar-refractivity contribution in [1.82, 2.24) is 0 Å². The molecule has 1 aromatic carbocycles. The number of ketones is 1. The first kappa shape index (κ1) is 9.53. The van der Waals surface area contributed by atoms with E-state index in [1.165, 1.54) is 0 Å². The second-order valence-electron chi connectivity index (χ2n) is 4.44. The van der Waals surface area contributed by atoms with Gasteiger partial charge in [-0.05, 0) is 24.3 Å². The SMILES string of the molecule is O=C1CC2=NC=CC2=C2N=c3ccc(O)cc3=C12. The fourth-order valence-corrected chi connectivity index (χ4v) is 2.57. The third-order valence-corrected chi connectivity index (χ3v) is 3.36. The normalized spacial score (nSPS) is 19.4. The molecule has 3 aliphatic rings. The third kappa shape index (κ3) is 1.07. The van der Waals surface area contributed by atoms with Crippen molar-refractivity contribution in [2.45, 2.75) is 6.42 Å². The monoisotopic (exact) mass is 236 g/mol. The minimum Gasteiger partial charge on any atom is -0.508 e. The summed E-state index contributed by atoms with van der Waals surface area (Å²) in [5, 5.41) is 11.0. The van der Waals surface area contributed by atoms with Gasteiger partial charge >= 0.3 is 0 Å². The van der Waals surface area contributed by atoms with Crippen LogP contribution in [0.5, 0.6) is 5.75 Å². The van der Waals surface area contributed by atoms with Gasteiger partial charge in [0.05, 0.1) is 28.8 Å². The molecular weight excluding hydrogens is 228 g/mol. The Labute approximate surface area is 102 Å². The molecule has 0 amide bonds. The summed E-state index contributed by atoms with van der Waals surface area (Å²) in [5.74, 6) is 0.168. The van der Waals surface area contributed by atoms with Crippen LogP contribution in [0.3, 0.4) is 0 Å². The van der Waals surface area contributed by atoms with Crippen LogP contribution >= 0.6 is 0 Å². The Morgan fingerprint density at radius 1 is 1.28 bits per heavy atom. The van der Waals surface area contributed by atoms with E-state index in [2.05, 4.69) is 9.98 Å². The molecule has 4 heteroatoms. The zero-order chi connectivity index (χ0) is 12.3. The lowest BCUT2D eigenvalue weighted by Gasteiger charge is -2.14. The molecule has 1 aromatic rings. The van der Waals surface area contributed by atoms with Crippen LogP contribution in [0.15, 0.2) is 51.7 Å². The van der Waals surface area contributed by atoms with Gasteiger partial charge in [-0.15, -0.1) is 0 Å². The van der Waals surface area contributed by atoms with Crippen molar-refractivity contribution in [3.8, 4) is 5.75 Å². The van der Waals surface area contributed by atoms with E-state index in [1.807, 2.05) is 6.08 Å². The van der Waals surface area contributed by atoms with Crippen molar-refractivity contribution in [1.29, 1.82) is 0 Å². The van der Waals surface area contributed by atoms with E-state index < -0.39 is 0 Å². The quantitative estimate of drug-likeness (QED) is 0.707. The Bertz CT molecular complexity index is 826. The van der Waals surface area contributed by atoms with Crippen LogP contribution in [0, 0.1) is 0 Å². The summed E-state index contributed by atoms with van der Waals surface area (Å²) >= 11 is 0. The summed E-state index contributed by atoms with van der Waals surface area (Å²) in [6, 6.07) is 4.90. The number of hydrogen-bond acceptors (Lipinski definition) is 4. The minimum absolute atomic E-state index is 0.0179. The maximum Gasteiger partial charge on any atom is 0.171 e. The number of allylic oxidation sites excluding steroid dienone is 3. The number of Topliss-reactive ketones (excluding diaryl/α,β-unsaturated/α-hetero) is 1. The summed E-state index contributed by atoms with van der Waals surface area (Å²) in [5.41, 5.74) is 3.03. The molecule has 2 aliphatic heterocycles. The molecule has 2 heterocycles. The van der Waals surface area contributed by atoms with Crippen LogP contribution in [-0.4, -0.2) is 16.6 Å². The number of aromatic hydroxyl groups is 1. The Balaban J connectivity index is 2.19. The summed E-state index contributed by atoms with van der Waals surface area (Å²) < 4.78 is 0. The van der Waals surface area contributed by atoms with Gasteiger partial charge in [-0.25, -0.2) is 4.99 Å². The molecule has 0 bridgehead atoms. The maximum atomic E-state index is 12.2. The molecule has 0 radical (unpaired) electrons. The predicted octanol–water partition coefficient (Wildman–Crippen LogP) is 0.371. The van der Waals surface area contributed by atoms with E-state index in [9.17, 15) is 9.90 Å². The van der Waals surface area contributed by atoms with Gasteiger partial charge in [0.25, 0.3) is 0 Å². The lowest BCUT2D eigenvalue weighted by Crippen LogP contribution is -2.26. The molecular formula is C14H8N2O2. The second-order valence-corrected chi connectivity index (χ2v) is 4.44. The summed E-state index contributed by atoms with van der Waals surface area (Å²) in [4.78, 5) is 20.8. The molecule has 0 aromatic heterocycles. The first-order valence-electron chi connectivity index (χ1n) is 5.67. The molecule has 4 nitrogen and oxygen atoms in total. The van der Waals surface area contributed by atoms with Crippen molar-refractivity contribution < 1.29 is 9.90 Å². The molecule has 4 rings (SSSR count). The number of rotatable bonds is 0. The summed E-state index contributed by atoms with van der Waals surface area (Å²) in [6.45, 7) is 0. The lowest BCUT2D eigenvalue weighted by atomic mass is 9.89. The number of benzene rings is 1. The van der Waals surface area contributed by atoms with Gasteiger partial charge in [-0.2, -0.15) is 0 Å². The van der Waals surface area contributed by atoms with Crippen LogP contribution in [-0.2, 0) is 4.79 Å². The number of nitrogens with zero attached hydrogens (tertiary/aromatic N) is 2. The van der Waals surface area contributed by atoms with Crippen LogP contribution in [0.1, 0.15) is 6.42 Å². The predicted molar refractivity (Wildman–Crippen MR) is 65.5 cm³/mol. The van der Waals surface area contributed by atoms with E-state index in [0.29, 0.717) is 17.7 Å². The van der Waals surface area contributed by atoms with Crippen molar-refractivity contribution in [2.24, 2.45) is 9.98 Å². The number of fused-ring (bicyclic) bond motifs is 3. The highest BCUT2D eigenvalue weighted by molar-refractivity contribution is 6.34. The number of carbonyl (C=O) groups excluding carboxylic acids is 1. The van der Waals surface area contributed by atoms with Crippen LogP contribution in [0.25, 0.3) is 5.57 Å². The molecule has 0 fully saturated rings. The molecule has 0 atom stereocenters. The summed E-state index contributed by atoms with van der Waals surface area (Å²) in [6.07, 6.45) is 3.89.